The van der Waals surface area contributed by atoms with Crippen LogP contribution in [0.15, 0.2) is 18.5 Å². The highest BCUT2D eigenvalue weighted by Gasteiger charge is 2.42. The third-order valence-electron chi connectivity index (χ3n) is 2.27. The average molecular weight is 248 g/mol. The highest BCUT2D eigenvalue weighted by Crippen LogP contribution is 2.18. The van der Waals surface area contributed by atoms with Crippen molar-refractivity contribution in [3.63, 3.8) is 0 Å². The van der Waals surface area contributed by atoms with E-state index in [1.165, 1.54) is 0 Å². The van der Waals surface area contributed by atoms with Crippen molar-refractivity contribution in [1.82, 2.24) is 10.2 Å². The Morgan fingerprint density at radius 1 is 1.12 bits per heavy atom. The normalized spacial score (nSPS) is 37.1. The van der Waals surface area contributed by atoms with E-state index in [-0.39, 0.29) is 0 Å². The highest BCUT2D eigenvalue weighted by atomic mass is 16.6. The lowest BCUT2D eigenvalue weighted by Gasteiger charge is -2.37. The number of H-pyrrole nitrogens is 1. The molecule has 0 aromatic carbocycles. The maximum atomic E-state index is 9.12. The molecular formula is C9H16N2O6. The van der Waals surface area contributed by atoms with Crippen LogP contribution in [0.4, 0.5) is 0 Å². The van der Waals surface area contributed by atoms with Gasteiger partial charge in [0, 0.05) is 12.4 Å². The maximum absolute atomic E-state index is 9.12. The van der Waals surface area contributed by atoms with Crippen molar-refractivity contribution in [3.05, 3.63) is 18.5 Å². The van der Waals surface area contributed by atoms with Crippen molar-refractivity contribution in [2.75, 3.05) is 6.61 Å². The number of nitrogens with zero attached hydrogens (tertiary/aromatic N) is 1. The summed E-state index contributed by atoms with van der Waals surface area (Å²) in [7, 11) is 0. The Hall–Kier alpha value is -1.03. The van der Waals surface area contributed by atoms with Gasteiger partial charge in [-0.15, -0.1) is 0 Å². The van der Waals surface area contributed by atoms with Gasteiger partial charge in [0.15, 0.2) is 6.29 Å². The molecule has 1 aromatic rings. The number of aromatic nitrogens is 2. The van der Waals surface area contributed by atoms with Gasteiger partial charge in [-0.2, -0.15) is 5.10 Å². The summed E-state index contributed by atoms with van der Waals surface area (Å²) >= 11 is 0. The van der Waals surface area contributed by atoms with Crippen LogP contribution in [-0.2, 0) is 4.74 Å². The molecule has 0 radical (unpaired) electrons. The fourth-order valence-corrected chi connectivity index (χ4v) is 1.30. The first-order chi connectivity index (χ1) is 8.07. The van der Waals surface area contributed by atoms with Crippen LogP contribution in [0.5, 0.6) is 0 Å². The monoisotopic (exact) mass is 248 g/mol. The van der Waals surface area contributed by atoms with E-state index in [1.807, 2.05) is 6.07 Å². The number of aliphatic hydroxyl groups is 5. The topological polar surface area (TPSA) is 139 Å². The molecular weight excluding hydrogens is 232 g/mol. The van der Waals surface area contributed by atoms with E-state index in [0.717, 1.165) is 0 Å². The summed E-state index contributed by atoms with van der Waals surface area (Å²) in [6, 6.07) is 1.83. The molecule has 6 N–H and O–H groups in total. The third-order valence-corrected chi connectivity index (χ3v) is 2.27. The van der Waals surface area contributed by atoms with E-state index in [0.29, 0.717) is 0 Å². The molecule has 1 aliphatic heterocycles. The molecule has 1 saturated heterocycles. The van der Waals surface area contributed by atoms with Gasteiger partial charge in [-0.3, -0.25) is 5.10 Å². The van der Waals surface area contributed by atoms with Gasteiger partial charge in [0.25, 0.3) is 0 Å². The Labute approximate surface area is 97.1 Å². The van der Waals surface area contributed by atoms with E-state index < -0.39 is 37.3 Å². The van der Waals surface area contributed by atoms with Crippen LogP contribution in [0.2, 0.25) is 0 Å². The summed E-state index contributed by atoms with van der Waals surface area (Å²) in [6.45, 7) is -0.526. The van der Waals surface area contributed by atoms with Crippen LogP contribution in [0.1, 0.15) is 0 Å². The lowest BCUT2D eigenvalue weighted by Crippen LogP contribution is -2.58. The van der Waals surface area contributed by atoms with E-state index in [1.54, 1.807) is 12.4 Å². The third kappa shape index (κ3) is 3.73. The van der Waals surface area contributed by atoms with Gasteiger partial charge in [0.2, 0.25) is 0 Å². The van der Waals surface area contributed by atoms with Crippen LogP contribution >= 0.6 is 0 Å². The van der Waals surface area contributed by atoms with Gasteiger partial charge in [-0.05, 0) is 6.07 Å². The predicted molar refractivity (Wildman–Crippen MR) is 54.6 cm³/mol. The summed E-state index contributed by atoms with van der Waals surface area (Å²) in [4.78, 5) is 0. The minimum atomic E-state index is -1.57. The summed E-state index contributed by atoms with van der Waals surface area (Å²) in [5.41, 5.74) is 0. The predicted octanol–water partition coefficient (Wildman–Crippen LogP) is -2.81. The molecule has 1 unspecified atom stereocenters. The number of aromatic amines is 1. The van der Waals surface area contributed by atoms with Crippen molar-refractivity contribution in [2.45, 2.75) is 30.7 Å². The SMILES string of the molecule is OC[C@H]1OC(O)[C@H](O)[C@@H](O)[C@@H]1O.c1cn[nH]c1. The van der Waals surface area contributed by atoms with Crippen LogP contribution in [-0.4, -0.2) is 73.0 Å². The van der Waals surface area contributed by atoms with E-state index in [9.17, 15) is 0 Å². The molecule has 0 aliphatic carbocycles. The van der Waals surface area contributed by atoms with Gasteiger partial charge in [0.05, 0.1) is 6.61 Å². The number of nitrogens with one attached hydrogen (secondary N) is 1. The molecule has 8 nitrogen and oxygen atoms in total. The summed E-state index contributed by atoms with van der Waals surface area (Å²) < 4.78 is 4.58. The smallest absolute Gasteiger partial charge is 0.184 e. The van der Waals surface area contributed by atoms with Gasteiger partial charge in [0.1, 0.15) is 24.4 Å². The second-order valence-electron chi connectivity index (χ2n) is 3.49. The van der Waals surface area contributed by atoms with Crippen molar-refractivity contribution in [2.24, 2.45) is 0 Å². The molecule has 1 fully saturated rings. The van der Waals surface area contributed by atoms with Crippen LogP contribution < -0.4 is 0 Å². The zero-order chi connectivity index (χ0) is 12.8. The Morgan fingerprint density at radius 3 is 2.24 bits per heavy atom. The Bertz CT molecular complexity index is 274. The average Bonchev–Trinajstić information content (AvgIpc) is 2.90. The van der Waals surface area contributed by atoms with Crippen LogP contribution in [0.3, 0.4) is 0 Å². The maximum Gasteiger partial charge on any atom is 0.184 e. The summed E-state index contributed by atoms with van der Waals surface area (Å²) in [5, 5.41) is 50.9. The molecule has 98 valence electrons. The molecule has 0 bridgehead atoms. The molecule has 17 heavy (non-hydrogen) atoms. The zero-order valence-corrected chi connectivity index (χ0v) is 8.92. The number of ether oxygens (including phenoxy) is 1. The van der Waals surface area contributed by atoms with Gasteiger partial charge in [-0.25, -0.2) is 0 Å². The fourth-order valence-electron chi connectivity index (χ4n) is 1.30. The molecule has 1 aromatic heterocycles. The van der Waals surface area contributed by atoms with Gasteiger partial charge in [-0.1, -0.05) is 0 Å². The van der Waals surface area contributed by atoms with E-state index in [4.69, 9.17) is 25.5 Å². The van der Waals surface area contributed by atoms with E-state index >= 15 is 0 Å². The standard InChI is InChI=1S/C6H12O6.C3H4N2/c7-1-2-3(8)4(9)5(10)6(11)12-2;1-2-4-5-3-1/h2-11H,1H2;1-3H,(H,4,5)/t2-,3-,4+,5-,6?;/m1./s1. The minimum absolute atomic E-state index is 0.526. The van der Waals surface area contributed by atoms with Crippen molar-refractivity contribution >= 4 is 0 Å². The van der Waals surface area contributed by atoms with Crippen LogP contribution in [0, 0.1) is 0 Å². The molecule has 2 rings (SSSR count). The molecule has 0 amide bonds. The lowest BCUT2D eigenvalue weighted by molar-refractivity contribution is -0.286. The number of hydrogen-bond acceptors (Lipinski definition) is 7. The first kappa shape index (κ1) is 14.0. The number of aliphatic hydroxyl groups excluding tert-OH is 5. The molecule has 0 saturated carbocycles. The molecule has 5 atom stereocenters. The molecule has 2 heterocycles. The van der Waals surface area contributed by atoms with Crippen molar-refractivity contribution in [1.29, 1.82) is 0 Å². The second kappa shape index (κ2) is 6.64. The Morgan fingerprint density at radius 2 is 1.82 bits per heavy atom. The first-order valence-electron chi connectivity index (χ1n) is 5.00. The summed E-state index contributed by atoms with van der Waals surface area (Å²) in [6.07, 6.45) is -3.58. The molecule has 1 aliphatic rings. The lowest BCUT2D eigenvalue weighted by atomic mass is 10.00. The quantitative estimate of drug-likeness (QED) is 0.315. The number of rotatable bonds is 1. The fraction of sp³-hybridized carbons (Fsp3) is 0.667. The summed E-state index contributed by atoms with van der Waals surface area (Å²) in [5.74, 6) is 0. The number of hydrogen-bond donors (Lipinski definition) is 6. The molecule has 8 heteroatoms. The van der Waals surface area contributed by atoms with Crippen molar-refractivity contribution in [3.8, 4) is 0 Å². The molecule has 0 spiro atoms. The zero-order valence-electron chi connectivity index (χ0n) is 8.92. The second-order valence-corrected chi connectivity index (χ2v) is 3.49. The van der Waals surface area contributed by atoms with Gasteiger partial charge < -0.3 is 30.3 Å². The minimum Gasteiger partial charge on any atom is -0.394 e. The van der Waals surface area contributed by atoms with Crippen molar-refractivity contribution < 1.29 is 30.3 Å². The Balaban J connectivity index is 0.000000239. The van der Waals surface area contributed by atoms with Crippen LogP contribution in [0.25, 0.3) is 0 Å². The largest absolute Gasteiger partial charge is 0.394 e. The first-order valence-corrected chi connectivity index (χ1v) is 5.00. The van der Waals surface area contributed by atoms with Gasteiger partial charge >= 0.3 is 0 Å². The highest BCUT2D eigenvalue weighted by molar-refractivity contribution is 4.87. The van der Waals surface area contributed by atoms with E-state index in [2.05, 4.69) is 14.9 Å². The Kier molecular flexibility index (Phi) is 5.48.